The van der Waals surface area contributed by atoms with Gasteiger partial charge in [-0.2, -0.15) is 0 Å². The van der Waals surface area contributed by atoms with Crippen molar-refractivity contribution in [1.82, 2.24) is 14.8 Å². The molecule has 0 atom stereocenters. The largest absolute Gasteiger partial charge is 0.493 e. The Bertz CT molecular complexity index is 728. The second-order valence-corrected chi connectivity index (χ2v) is 6.31. The Morgan fingerprint density at radius 1 is 1.00 bits per heavy atom. The van der Waals surface area contributed by atoms with Gasteiger partial charge in [-0.15, -0.1) is 0 Å². The van der Waals surface area contributed by atoms with Gasteiger partial charge < -0.3 is 14.4 Å². The van der Waals surface area contributed by atoms with Gasteiger partial charge in [0.1, 0.15) is 0 Å². The van der Waals surface area contributed by atoms with E-state index in [0.29, 0.717) is 17.1 Å². The third-order valence-corrected chi connectivity index (χ3v) is 4.76. The van der Waals surface area contributed by atoms with E-state index in [0.717, 1.165) is 39.1 Å². The summed E-state index contributed by atoms with van der Waals surface area (Å²) in [5.74, 6) is 1.25. The van der Waals surface area contributed by atoms with E-state index in [9.17, 15) is 4.79 Å². The van der Waals surface area contributed by atoms with Crippen molar-refractivity contribution in [3.8, 4) is 11.5 Å². The van der Waals surface area contributed by atoms with Crippen molar-refractivity contribution in [3.63, 3.8) is 0 Å². The van der Waals surface area contributed by atoms with Crippen LogP contribution in [-0.4, -0.2) is 67.6 Å². The Balaban J connectivity index is 1.53. The van der Waals surface area contributed by atoms with E-state index in [4.69, 9.17) is 9.47 Å². The van der Waals surface area contributed by atoms with E-state index in [-0.39, 0.29) is 5.91 Å². The van der Waals surface area contributed by atoms with Crippen LogP contribution in [0.2, 0.25) is 0 Å². The van der Waals surface area contributed by atoms with Gasteiger partial charge in [-0.3, -0.25) is 14.7 Å². The molecular weight excluding hydrogens is 330 g/mol. The van der Waals surface area contributed by atoms with Crippen molar-refractivity contribution in [2.45, 2.75) is 6.42 Å². The molecule has 2 heterocycles. The van der Waals surface area contributed by atoms with Crippen LogP contribution >= 0.6 is 0 Å². The van der Waals surface area contributed by atoms with Crippen LogP contribution in [0.1, 0.15) is 15.9 Å². The lowest BCUT2D eigenvalue weighted by atomic mass is 10.1. The molecule has 6 nitrogen and oxygen atoms in total. The number of piperazine rings is 1. The highest BCUT2D eigenvalue weighted by atomic mass is 16.5. The van der Waals surface area contributed by atoms with E-state index >= 15 is 0 Å². The summed E-state index contributed by atoms with van der Waals surface area (Å²) in [6.45, 7) is 4.27. The van der Waals surface area contributed by atoms with Crippen LogP contribution in [0.3, 0.4) is 0 Å². The van der Waals surface area contributed by atoms with Gasteiger partial charge in [0.05, 0.1) is 14.2 Å². The van der Waals surface area contributed by atoms with Crippen LogP contribution in [0.25, 0.3) is 0 Å². The molecular formula is C20H25N3O3. The number of pyridine rings is 1. The number of hydrogen-bond acceptors (Lipinski definition) is 5. The number of rotatable bonds is 6. The van der Waals surface area contributed by atoms with Crippen LogP contribution < -0.4 is 9.47 Å². The first-order valence-corrected chi connectivity index (χ1v) is 8.84. The number of carbonyl (C=O) groups excluding carboxylic acids is 1. The molecule has 0 saturated carbocycles. The first kappa shape index (κ1) is 18.2. The number of methoxy groups -OCH3 is 2. The van der Waals surface area contributed by atoms with E-state index in [2.05, 4.69) is 22.0 Å². The fraction of sp³-hybridized carbons (Fsp3) is 0.400. The highest BCUT2D eigenvalue weighted by molar-refractivity contribution is 5.95. The van der Waals surface area contributed by atoms with E-state index in [1.165, 1.54) is 5.56 Å². The zero-order valence-corrected chi connectivity index (χ0v) is 15.4. The number of amides is 1. The summed E-state index contributed by atoms with van der Waals surface area (Å²) in [4.78, 5) is 21.1. The highest BCUT2D eigenvalue weighted by Crippen LogP contribution is 2.28. The second-order valence-electron chi connectivity index (χ2n) is 6.31. The maximum atomic E-state index is 12.8. The molecule has 26 heavy (non-hydrogen) atoms. The zero-order valence-electron chi connectivity index (χ0n) is 15.4. The van der Waals surface area contributed by atoms with E-state index < -0.39 is 0 Å². The molecule has 0 radical (unpaired) electrons. The number of carbonyl (C=O) groups is 1. The van der Waals surface area contributed by atoms with Gasteiger partial charge in [0.25, 0.3) is 5.91 Å². The lowest BCUT2D eigenvalue weighted by molar-refractivity contribution is 0.0638. The summed E-state index contributed by atoms with van der Waals surface area (Å²) in [6, 6.07) is 9.42. The predicted molar refractivity (Wildman–Crippen MR) is 99.8 cm³/mol. The molecule has 0 bridgehead atoms. The van der Waals surface area contributed by atoms with Gasteiger partial charge in [0.15, 0.2) is 11.5 Å². The number of benzene rings is 1. The monoisotopic (exact) mass is 355 g/mol. The molecule has 0 aliphatic carbocycles. The molecule has 2 aromatic rings. The van der Waals surface area contributed by atoms with Crippen molar-refractivity contribution in [2.75, 3.05) is 46.9 Å². The third-order valence-electron chi connectivity index (χ3n) is 4.76. The predicted octanol–water partition coefficient (Wildman–Crippen LogP) is 2.10. The van der Waals surface area contributed by atoms with Crippen LogP contribution in [0, 0.1) is 0 Å². The first-order valence-electron chi connectivity index (χ1n) is 8.84. The lowest BCUT2D eigenvalue weighted by Gasteiger charge is -2.34. The van der Waals surface area contributed by atoms with Gasteiger partial charge in [-0.25, -0.2) is 0 Å². The van der Waals surface area contributed by atoms with Crippen molar-refractivity contribution in [1.29, 1.82) is 0 Å². The molecule has 6 heteroatoms. The Kier molecular flexibility index (Phi) is 6.07. The maximum Gasteiger partial charge on any atom is 0.254 e. The third kappa shape index (κ3) is 4.32. The van der Waals surface area contributed by atoms with Gasteiger partial charge in [0, 0.05) is 50.7 Å². The molecule has 138 valence electrons. The molecule has 1 aromatic carbocycles. The van der Waals surface area contributed by atoms with E-state index in [1.807, 2.05) is 17.3 Å². The summed E-state index contributed by atoms with van der Waals surface area (Å²) in [6.07, 6.45) is 4.66. The summed E-state index contributed by atoms with van der Waals surface area (Å²) in [7, 11) is 3.16. The van der Waals surface area contributed by atoms with Crippen molar-refractivity contribution >= 4 is 5.91 Å². The standard InChI is InChI=1S/C20H25N3O3/c1-25-18-4-3-17(15-19(18)26-2)20(24)23-13-11-22(12-14-23)10-7-16-5-8-21-9-6-16/h3-6,8-9,15H,7,10-14H2,1-2H3. The van der Waals surface area contributed by atoms with Crippen molar-refractivity contribution in [3.05, 3.63) is 53.9 Å². The summed E-state index contributed by atoms with van der Waals surface area (Å²) in [5, 5.41) is 0. The average Bonchev–Trinajstić information content (AvgIpc) is 2.72. The Morgan fingerprint density at radius 2 is 1.69 bits per heavy atom. The van der Waals surface area contributed by atoms with Crippen molar-refractivity contribution in [2.24, 2.45) is 0 Å². The first-order chi connectivity index (χ1) is 12.7. The zero-order chi connectivity index (χ0) is 18.4. The number of hydrogen-bond donors (Lipinski definition) is 0. The Morgan fingerprint density at radius 3 is 2.35 bits per heavy atom. The molecule has 0 N–H and O–H groups in total. The van der Waals surface area contributed by atoms with Gasteiger partial charge in [-0.1, -0.05) is 0 Å². The van der Waals surface area contributed by atoms with Gasteiger partial charge >= 0.3 is 0 Å². The minimum Gasteiger partial charge on any atom is -0.493 e. The second kappa shape index (κ2) is 8.67. The Hall–Kier alpha value is -2.60. The smallest absolute Gasteiger partial charge is 0.254 e. The summed E-state index contributed by atoms with van der Waals surface area (Å²) >= 11 is 0. The molecule has 1 aromatic heterocycles. The molecule has 1 fully saturated rings. The summed E-state index contributed by atoms with van der Waals surface area (Å²) < 4.78 is 10.5. The molecule has 0 unspecified atom stereocenters. The number of nitrogens with zero attached hydrogens (tertiary/aromatic N) is 3. The molecule has 1 aliphatic rings. The topological polar surface area (TPSA) is 54.9 Å². The quantitative estimate of drug-likeness (QED) is 0.794. The number of ether oxygens (including phenoxy) is 2. The minimum atomic E-state index is 0.0414. The fourth-order valence-corrected chi connectivity index (χ4v) is 3.16. The van der Waals surface area contributed by atoms with Crippen molar-refractivity contribution < 1.29 is 14.3 Å². The van der Waals surface area contributed by atoms with Crippen LogP contribution in [0.5, 0.6) is 11.5 Å². The lowest BCUT2D eigenvalue weighted by Crippen LogP contribution is -2.49. The highest BCUT2D eigenvalue weighted by Gasteiger charge is 2.22. The van der Waals surface area contributed by atoms with E-state index in [1.54, 1.807) is 32.4 Å². The van der Waals surface area contributed by atoms with Crippen LogP contribution in [0.4, 0.5) is 0 Å². The SMILES string of the molecule is COc1ccc(C(=O)N2CCN(CCc3ccncc3)CC2)cc1OC. The van der Waals surface area contributed by atoms with Crippen LogP contribution in [-0.2, 0) is 6.42 Å². The normalized spacial score (nSPS) is 14.9. The summed E-state index contributed by atoms with van der Waals surface area (Å²) in [5.41, 5.74) is 1.93. The molecule has 3 rings (SSSR count). The molecule has 1 saturated heterocycles. The Labute approximate surface area is 154 Å². The molecule has 1 amide bonds. The van der Waals surface area contributed by atoms with Crippen LogP contribution in [0.15, 0.2) is 42.7 Å². The van der Waals surface area contributed by atoms with Gasteiger partial charge in [-0.05, 0) is 42.3 Å². The minimum absolute atomic E-state index is 0.0414. The average molecular weight is 355 g/mol. The number of aromatic nitrogens is 1. The molecule has 0 spiro atoms. The fourth-order valence-electron chi connectivity index (χ4n) is 3.16. The van der Waals surface area contributed by atoms with Gasteiger partial charge in [0.2, 0.25) is 0 Å². The molecule has 1 aliphatic heterocycles. The maximum absolute atomic E-state index is 12.8.